The van der Waals surface area contributed by atoms with Crippen molar-refractivity contribution in [1.29, 1.82) is 0 Å². The molecule has 0 aromatic carbocycles. The standard InChI is InChI=1S/C18H27N5O/c1-12-6-8-23(13-3-4-14(24)9-13)10-16(12)22(2)18-15-5-7-19-17(15)20-11-21-18/h5,7,11-14,16,24H,3-4,6,8-10H2,1-2H3,(H,19,20,21). The fourth-order valence-electron chi connectivity index (χ4n) is 4.47. The Bertz CT molecular complexity index is 702. The monoisotopic (exact) mass is 329 g/mol. The van der Waals surface area contributed by atoms with Crippen LogP contribution in [0, 0.1) is 5.92 Å². The summed E-state index contributed by atoms with van der Waals surface area (Å²) in [6, 6.07) is 3.03. The number of H-pyrrole nitrogens is 1. The minimum Gasteiger partial charge on any atom is -0.393 e. The van der Waals surface area contributed by atoms with E-state index in [-0.39, 0.29) is 6.10 Å². The lowest BCUT2D eigenvalue weighted by molar-refractivity contribution is 0.106. The lowest BCUT2D eigenvalue weighted by atomic mass is 9.91. The summed E-state index contributed by atoms with van der Waals surface area (Å²) in [4.78, 5) is 17.0. The lowest BCUT2D eigenvalue weighted by Gasteiger charge is -2.44. The van der Waals surface area contributed by atoms with Gasteiger partial charge < -0.3 is 15.0 Å². The van der Waals surface area contributed by atoms with Crippen molar-refractivity contribution in [3.8, 4) is 0 Å². The van der Waals surface area contributed by atoms with Crippen molar-refractivity contribution < 1.29 is 5.11 Å². The molecule has 2 fully saturated rings. The number of aromatic nitrogens is 3. The van der Waals surface area contributed by atoms with Gasteiger partial charge in [-0.3, -0.25) is 4.90 Å². The number of likely N-dealkylation sites (tertiary alicyclic amines) is 1. The maximum Gasteiger partial charge on any atom is 0.142 e. The average molecular weight is 329 g/mol. The quantitative estimate of drug-likeness (QED) is 0.902. The van der Waals surface area contributed by atoms with Crippen LogP contribution in [-0.2, 0) is 0 Å². The molecule has 0 bridgehead atoms. The lowest BCUT2D eigenvalue weighted by Crippen LogP contribution is -2.53. The molecule has 4 unspecified atom stereocenters. The number of piperidine rings is 1. The summed E-state index contributed by atoms with van der Waals surface area (Å²) in [5.74, 6) is 1.63. The number of aliphatic hydroxyl groups excluding tert-OH is 1. The van der Waals surface area contributed by atoms with Crippen LogP contribution in [-0.4, -0.2) is 63.3 Å². The zero-order valence-corrected chi connectivity index (χ0v) is 14.5. The van der Waals surface area contributed by atoms with Gasteiger partial charge in [0, 0.05) is 31.9 Å². The van der Waals surface area contributed by atoms with Gasteiger partial charge >= 0.3 is 0 Å². The molecule has 24 heavy (non-hydrogen) atoms. The minimum atomic E-state index is -0.105. The van der Waals surface area contributed by atoms with E-state index in [1.165, 1.54) is 6.42 Å². The van der Waals surface area contributed by atoms with E-state index in [2.05, 4.69) is 44.8 Å². The van der Waals surface area contributed by atoms with Crippen LogP contribution in [0.2, 0.25) is 0 Å². The summed E-state index contributed by atoms with van der Waals surface area (Å²) in [6.07, 6.45) is 7.67. The number of nitrogens with one attached hydrogen (secondary N) is 1. The summed E-state index contributed by atoms with van der Waals surface area (Å²) >= 11 is 0. The minimum absolute atomic E-state index is 0.105. The van der Waals surface area contributed by atoms with E-state index in [9.17, 15) is 5.11 Å². The molecule has 2 aliphatic rings. The van der Waals surface area contributed by atoms with Gasteiger partial charge in [0.1, 0.15) is 17.8 Å². The predicted octanol–water partition coefficient (Wildman–Crippen LogP) is 2.02. The van der Waals surface area contributed by atoms with Crippen molar-refractivity contribution in [2.75, 3.05) is 25.0 Å². The topological polar surface area (TPSA) is 68.3 Å². The Morgan fingerprint density at radius 2 is 2.17 bits per heavy atom. The maximum atomic E-state index is 9.87. The van der Waals surface area contributed by atoms with Gasteiger partial charge in [0.25, 0.3) is 0 Å². The highest BCUT2D eigenvalue weighted by molar-refractivity contribution is 5.87. The Hall–Kier alpha value is -1.66. The molecule has 1 aliphatic carbocycles. The van der Waals surface area contributed by atoms with E-state index in [0.717, 1.165) is 49.2 Å². The zero-order valence-electron chi connectivity index (χ0n) is 14.5. The number of nitrogens with zero attached hydrogens (tertiary/aromatic N) is 4. The maximum absolute atomic E-state index is 9.87. The summed E-state index contributed by atoms with van der Waals surface area (Å²) < 4.78 is 0. The van der Waals surface area contributed by atoms with Crippen molar-refractivity contribution >= 4 is 16.9 Å². The van der Waals surface area contributed by atoms with Crippen molar-refractivity contribution in [2.24, 2.45) is 5.92 Å². The third-order valence-electron chi connectivity index (χ3n) is 6.01. The van der Waals surface area contributed by atoms with E-state index in [1.807, 2.05) is 6.20 Å². The molecule has 0 radical (unpaired) electrons. The van der Waals surface area contributed by atoms with Gasteiger partial charge in [-0.1, -0.05) is 6.92 Å². The molecule has 4 atom stereocenters. The van der Waals surface area contributed by atoms with E-state index in [1.54, 1.807) is 6.33 Å². The van der Waals surface area contributed by atoms with Gasteiger partial charge in [0.05, 0.1) is 11.5 Å². The third kappa shape index (κ3) is 2.78. The van der Waals surface area contributed by atoms with Crippen molar-refractivity contribution in [3.05, 3.63) is 18.6 Å². The van der Waals surface area contributed by atoms with E-state index in [4.69, 9.17) is 0 Å². The molecule has 6 nitrogen and oxygen atoms in total. The molecule has 1 saturated carbocycles. The van der Waals surface area contributed by atoms with Crippen LogP contribution in [0.4, 0.5) is 5.82 Å². The molecule has 3 heterocycles. The average Bonchev–Trinajstić information content (AvgIpc) is 3.23. The van der Waals surface area contributed by atoms with Crippen molar-refractivity contribution in [1.82, 2.24) is 19.9 Å². The van der Waals surface area contributed by atoms with E-state index in [0.29, 0.717) is 18.0 Å². The summed E-state index contributed by atoms with van der Waals surface area (Å²) in [5, 5.41) is 11.0. The Labute approximate surface area is 142 Å². The van der Waals surface area contributed by atoms with Gasteiger partial charge in [-0.25, -0.2) is 9.97 Å². The van der Waals surface area contributed by atoms with Crippen LogP contribution in [0.1, 0.15) is 32.6 Å². The highest BCUT2D eigenvalue weighted by Gasteiger charge is 2.36. The molecule has 6 heteroatoms. The number of likely N-dealkylation sites (N-methyl/N-ethyl adjacent to an activating group) is 1. The fourth-order valence-corrected chi connectivity index (χ4v) is 4.47. The van der Waals surface area contributed by atoms with Crippen LogP contribution in [0.5, 0.6) is 0 Å². The summed E-state index contributed by atoms with van der Waals surface area (Å²) in [7, 11) is 2.16. The Kier molecular flexibility index (Phi) is 4.18. The number of aliphatic hydroxyl groups is 1. The van der Waals surface area contributed by atoms with Crippen LogP contribution in [0.25, 0.3) is 11.0 Å². The van der Waals surface area contributed by atoms with Gasteiger partial charge in [-0.05, 0) is 44.2 Å². The second kappa shape index (κ2) is 6.33. The van der Waals surface area contributed by atoms with Crippen LogP contribution in [0.3, 0.4) is 0 Å². The molecule has 0 spiro atoms. The Morgan fingerprint density at radius 1 is 1.29 bits per heavy atom. The Morgan fingerprint density at radius 3 is 2.96 bits per heavy atom. The normalized spacial score (nSPS) is 31.6. The molecule has 2 aromatic heterocycles. The first kappa shape index (κ1) is 15.8. The van der Waals surface area contributed by atoms with Crippen molar-refractivity contribution in [2.45, 2.75) is 50.8 Å². The van der Waals surface area contributed by atoms with Gasteiger partial charge in [-0.2, -0.15) is 0 Å². The van der Waals surface area contributed by atoms with Crippen LogP contribution >= 0.6 is 0 Å². The van der Waals surface area contributed by atoms with Crippen molar-refractivity contribution in [3.63, 3.8) is 0 Å². The molecule has 2 N–H and O–H groups in total. The molecular weight excluding hydrogens is 302 g/mol. The summed E-state index contributed by atoms with van der Waals surface area (Å²) in [6.45, 7) is 4.54. The number of aromatic amines is 1. The largest absolute Gasteiger partial charge is 0.393 e. The predicted molar refractivity (Wildman–Crippen MR) is 95.1 cm³/mol. The summed E-state index contributed by atoms with van der Waals surface area (Å²) in [5.41, 5.74) is 0.895. The third-order valence-corrected chi connectivity index (χ3v) is 6.01. The molecule has 1 saturated heterocycles. The first-order valence-electron chi connectivity index (χ1n) is 9.06. The first-order chi connectivity index (χ1) is 11.6. The Balaban J connectivity index is 1.56. The number of anilines is 1. The molecule has 1 aliphatic heterocycles. The smallest absolute Gasteiger partial charge is 0.142 e. The molecule has 0 amide bonds. The van der Waals surface area contributed by atoms with Gasteiger partial charge in [0.2, 0.25) is 0 Å². The number of hydrogen-bond acceptors (Lipinski definition) is 5. The number of fused-ring (bicyclic) bond motifs is 1. The molecule has 130 valence electrons. The highest BCUT2D eigenvalue weighted by atomic mass is 16.3. The van der Waals surface area contributed by atoms with Crippen LogP contribution in [0.15, 0.2) is 18.6 Å². The fraction of sp³-hybridized carbons (Fsp3) is 0.667. The van der Waals surface area contributed by atoms with E-state index >= 15 is 0 Å². The second-order valence-corrected chi connectivity index (χ2v) is 7.50. The zero-order chi connectivity index (χ0) is 16.7. The highest BCUT2D eigenvalue weighted by Crippen LogP contribution is 2.32. The molecular formula is C18H27N5O. The molecule has 4 rings (SSSR count). The SMILES string of the molecule is CC1CCN(C2CCC(O)C2)CC1N(C)c1ncnc2[nH]ccc12. The van der Waals surface area contributed by atoms with Crippen LogP contribution < -0.4 is 4.90 Å². The number of hydrogen-bond donors (Lipinski definition) is 2. The van der Waals surface area contributed by atoms with E-state index < -0.39 is 0 Å². The second-order valence-electron chi connectivity index (χ2n) is 7.50. The van der Waals surface area contributed by atoms with Gasteiger partial charge in [0.15, 0.2) is 0 Å². The molecule has 2 aromatic rings. The van der Waals surface area contributed by atoms with Gasteiger partial charge in [-0.15, -0.1) is 0 Å². The number of rotatable bonds is 3. The first-order valence-corrected chi connectivity index (χ1v) is 9.06.